The second-order valence-electron chi connectivity index (χ2n) is 5.51. The predicted octanol–water partition coefficient (Wildman–Crippen LogP) is 4.03. The number of hydrogen-bond acceptors (Lipinski definition) is 5. The van der Waals surface area contributed by atoms with Gasteiger partial charge in [-0.1, -0.05) is 16.8 Å². The second-order valence-corrected chi connectivity index (χ2v) is 7.19. The van der Waals surface area contributed by atoms with Gasteiger partial charge in [-0.15, -0.1) is 0 Å². The van der Waals surface area contributed by atoms with E-state index < -0.39 is 0 Å². The lowest BCUT2D eigenvalue weighted by atomic mass is 10.2. The lowest BCUT2D eigenvalue weighted by Crippen LogP contribution is -2.31. The molecule has 2 aromatic carbocycles. The molecule has 0 spiro atoms. The average Bonchev–Trinajstić information content (AvgIpc) is 3.10. The van der Waals surface area contributed by atoms with Gasteiger partial charge < -0.3 is 14.2 Å². The summed E-state index contributed by atoms with van der Waals surface area (Å²) in [6.07, 6.45) is 0. The molecule has 3 aromatic rings. The third-order valence-electron chi connectivity index (χ3n) is 3.54. The number of ether oxygens (including phenoxy) is 1. The van der Waals surface area contributed by atoms with Gasteiger partial charge in [0.2, 0.25) is 11.7 Å². The lowest BCUT2D eigenvalue weighted by Gasteiger charge is -2.15. The molecule has 26 heavy (non-hydrogen) atoms. The van der Waals surface area contributed by atoms with Gasteiger partial charge in [0.25, 0.3) is 5.91 Å². The van der Waals surface area contributed by atoms with Gasteiger partial charge in [-0.25, -0.2) is 0 Å². The van der Waals surface area contributed by atoms with Gasteiger partial charge in [0.1, 0.15) is 5.75 Å². The zero-order valence-electron chi connectivity index (χ0n) is 13.9. The van der Waals surface area contributed by atoms with E-state index in [0.29, 0.717) is 22.5 Å². The minimum absolute atomic E-state index is 0.0602. The summed E-state index contributed by atoms with van der Waals surface area (Å²) in [6.45, 7) is 0.144. The molecule has 0 bridgehead atoms. The van der Waals surface area contributed by atoms with Crippen LogP contribution in [0.3, 0.4) is 0 Å². The summed E-state index contributed by atoms with van der Waals surface area (Å²) in [5, 5.41) is 4.57. The Morgan fingerprint density at radius 3 is 2.58 bits per heavy atom. The van der Waals surface area contributed by atoms with E-state index in [1.165, 1.54) is 4.90 Å². The minimum Gasteiger partial charge on any atom is -0.484 e. The number of rotatable bonds is 6. The standard InChI is InChI=1S/C18H15ClIN3O3/c1-23(17(24)11-25-15-8-6-14(20)7-9-15)10-16-21-18(22-26-16)12-2-4-13(19)5-3-12/h2-9H,10-11H2,1H3. The average molecular weight is 484 g/mol. The molecule has 0 aliphatic carbocycles. The van der Waals surface area contributed by atoms with Crippen molar-refractivity contribution >= 4 is 40.1 Å². The number of likely N-dealkylation sites (N-methyl/N-ethyl adjacent to an activating group) is 1. The van der Waals surface area contributed by atoms with Crippen LogP contribution in [0.1, 0.15) is 5.89 Å². The van der Waals surface area contributed by atoms with E-state index in [9.17, 15) is 4.79 Å². The summed E-state index contributed by atoms with van der Waals surface area (Å²) in [4.78, 5) is 18.0. The van der Waals surface area contributed by atoms with Crippen LogP contribution < -0.4 is 4.74 Å². The molecule has 0 aliphatic rings. The topological polar surface area (TPSA) is 68.5 Å². The molecule has 0 unspecified atom stereocenters. The highest BCUT2D eigenvalue weighted by atomic mass is 127. The van der Waals surface area contributed by atoms with Crippen LogP contribution in [0.25, 0.3) is 11.4 Å². The smallest absolute Gasteiger partial charge is 0.260 e. The number of amides is 1. The molecular weight excluding hydrogens is 469 g/mol. The van der Waals surface area contributed by atoms with Crippen LogP contribution in [0.15, 0.2) is 53.1 Å². The van der Waals surface area contributed by atoms with Crippen LogP contribution in [-0.2, 0) is 11.3 Å². The summed E-state index contributed by atoms with van der Waals surface area (Å²) in [6, 6.07) is 14.6. The number of nitrogens with zero attached hydrogens (tertiary/aromatic N) is 3. The van der Waals surface area contributed by atoms with E-state index >= 15 is 0 Å². The minimum atomic E-state index is -0.185. The molecule has 0 aliphatic heterocycles. The number of benzene rings is 2. The van der Waals surface area contributed by atoms with E-state index in [1.54, 1.807) is 31.3 Å². The number of carbonyl (C=O) groups is 1. The zero-order chi connectivity index (χ0) is 18.5. The van der Waals surface area contributed by atoms with Crippen molar-refractivity contribution in [2.45, 2.75) is 6.54 Å². The fraction of sp³-hybridized carbons (Fsp3) is 0.167. The third-order valence-corrected chi connectivity index (χ3v) is 4.52. The van der Waals surface area contributed by atoms with Crippen LogP contribution in [0, 0.1) is 3.57 Å². The number of aromatic nitrogens is 2. The van der Waals surface area contributed by atoms with E-state index in [-0.39, 0.29) is 19.1 Å². The summed E-state index contributed by atoms with van der Waals surface area (Å²) in [7, 11) is 1.66. The first-order valence-electron chi connectivity index (χ1n) is 7.72. The van der Waals surface area contributed by atoms with E-state index in [4.69, 9.17) is 20.9 Å². The highest BCUT2D eigenvalue weighted by molar-refractivity contribution is 14.1. The first kappa shape index (κ1) is 18.7. The molecule has 0 atom stereocenters. The van der Waals surface area contributed by atoms with Crippen LogP contribution in [0.2, 0.25) is 5.02 Å². The van der Waals surface area contributed by atoms with Crippen molar-refractivity contribution in [2.24, 2.45) is 0 Å². The van der Waals surface area contributed by atoms with Crippen molar-refractivity contribution in [3.63, 3.8) is 0 Å². The largest absolute Gasteiger partial charge is 0.484 e. The van der Waals surface area contributed by atoms with Gasteiger partial charge in [-0.3, -0.25) is 4.79 Å². The van der Waals surface area contributed by atoms with E-state index in [1.807, 2.05) is 24.3 Å². The van der Waals surface area contributed by atoms with Crippen molar-refractivity contribution < 1.29 is 14.1 Å². The van der Waals surface area contributed by atoms with Crippen LogP contribution in [0.5, 0.6) is 5.75 Å². The number of hydrogen-bond donors (Lipinski definition) is 0. The first-order valence-corrected chi connectivity index (χ1v) is 9.18. The zero-order valence-corrected chi connectivity index (χ0v) is 16.8. The molecule has 0 saturated heterocycles. The Balaban J connectivity index is 1.55. The molecule has 0 saturated carbocycles. The maximum Gasteiger partial charge on any atom is 0.260 e. The first-order chi connectivity index (χ1) is 12.5. The Bertz CT molecular complexity index is 881. The van der Waals surface area contributed by atoms with Crippen molar-refractivity contribution in [1.29, 1.82) is 0 Å². The van der Waals surface area contributed by atoms with E-state index in [0.717, 1.165) is 9.13 Å². The summed E-state index contributed by atoms with van der Waals surface area (Å²) in [5.74, 6) is 1.26. The summed E-state index contributed by atoms with van der Waals surface area (Å²) >= 11 is 8.08. The fourth-order valence-corrected chi connectivity index (χ4v) is 2.60. The molecule has 1 heterocycles. The van der Waals surface area contributed by atoms with Crippen molar-refractivity contribution in [1.82, 2.24) is 15.0 Å². The molecule has 8 heteroatoms. The van der Waals surface area contributed by atoms with E-state index in [2.05, 4.69) is 32.7 Å². The van der Waals surface area contributed by atoms with Gasteiger partial charge in [-0.05, 0) is 71.1 Å². The van der Waals surface area contributed by atoms with Crippen molar-refractivity contribution in [3.8, 4) is 17.1 Å². The predicted molar refractivity (Wildman–Crippen MR) is 106 cm³/mol. The molecular formula is C18H15ClIN3O3. The highest BCUT2D eigenvalue weighted by Crippen LogP contribution is 2.19. The van der Waals surface area contributed by atoms with Gasteiger partial charge in [0, 0.05) is 21.2 Å². The quantitative estimate of drug-likeness (QED) is 0.495. The van der Waals surface area contributed by atoms with Crippen LogP contribution in [0.4, 0.5) is 0 Å². The molecule has 0 radical (unpaired) electrons. The Morgan fingerprint density at radius 1 is 1.19 bits per heavy atom. The SMILES string of the molecule is CN(Cc1nc(-c2ccc(Cl)cc2)no1)C(=O)COc1ccc(I)cc1. The Morgan fingerprint density at radius 2 is 1.88 bits per heavy atom. The van der Waals surface area contributed by atoms with Crippen molar-refractivity contribution in [3.05, 3.63) is 63.0 Å². The van der Waals surface area contributed by atoms with Gasteiger partial charge in [0.15, 0.2) is 6.61 Å². The Hall–Kier alpha value is -2.13. The molecule has 1 amide bonds. The molecule has 1 aromatic heterocycles. The molecule has 6 nitrogen and oxygen atoms in total. The van der Waals surface area contributed by atoms with Gasteiger partial charge >= 0.3 is 0 Å². The monoisotopic (exact) mass is 483 g/mol. The number of carbonyl (C=O) groups excluding carboxylic acids is 1. The van der Waals surface area contributed by atoms with Crippen LogP contribution >= 0.6 is 34.2 Å². The second kappa shape index (κ2) is 8.50. The molecule has 3 rings (SSSR count). The molecule has 134 valence electrons. The van der Waals surface area contributed by atoms with Gasteiger partial charge in [0.05, 0.1) is 6.54 Å². The molecule has 0 fully saturated rings. The van der Waals surface area contributed by atoms with Gasteiger partial charge in [-0.2, -0.15) is 4.98 Å². The normalized spacial score (nSPS) is 10.6. The fourth-order valence-electron chi connectivity index (χ4n) is 2.11. The van der Waals surface area contributed by atoms with Crippen molar-refractivity contribution in [2.75, 3.05) is 13.7 Å². The summed E-state index contributed by atoms with van der Waals surface area (Å²) in [5.41, 5.74) is 0.792. The number of halogens is 2. The highest BCUT2D eigenvalue weighted by Gasteiger charge is 2.15. The third kappa shape index (κ3) is 4.95. The maximum atomic E-state index is 12.2. The summed E-state index contributed by atoms with van der Waals surface area (Å²) < 4.78 is 11.8. The lowest BCUT2D eigenvalue weighted by molar-refractivity contribution is -0.132. The van der Waals surface area contributed by atoms with Crippen LogP contribution in [-0.4, -0.2) is 34.6 Å². The Kier molecular flexibility index (Phi) is 6.10. The Labute approximate surface area is 169 Å². The molecule has 0 N–H and O–H groups in total. The maximum absolute atomic E-state index is 12.2.